The van der Waals surface area contributed by atoms with Crippen LogP contribution in [-0.2, 0) is 6.42 Å². The van der Waals surface area contributed by atoms with Crippen LogP contribution in [0, 0.1) is 0 Å². The minimum Gasteiger partial charge on any atom is -0.289 e. The Bertz CT molecular complexity index is 1380. The lowest BCUT2D eigenvalue weighted by atomic mass is 9.87. The van der Waals surface area contributed by atoms with Crippen LogP contribution >= 0.6 is 0 Å². The van der Waals surface area contributed by atoms with Gasteiger partial charge in [-0.25, -0.2) is 0 Å². The van der Waals surface area contributed by atoms with Crippen LogP contribution in [0.2, 0.25) is 0 Å². The van der Waals surface area contributed by atoms with Gasteiger partial charge in [-0.15, -0.1) is 0 Å². The van der Waals surface area contributed by atoms with Crippen molar-refractivity contribution in [1.82, 2.24) is 5.32 Å². The molecule has 2 amide bonds. The zero-order valence-corrected chi connectivity index (χ0v) is 18.1. The molecule has 0 fully saturated rings. The zero-order valence-electron chi connectivity index (χ0n) is 18.1. The molecule has 6 rings (SSSR count). The Balaban J connectivity index is 0.000000324. The summed E-state index contributed by atoms with van der Waals surface area (Å²) in [5.74, 6) is -1.05. The first kappa shape index (κ1) is 20.6. The first-order valence-corrected chi connectivity index (χ1v) is 10.9. The molecule has 3 aromatic carbocycles. The molecule has 160 valence electrons. The first-order chi connectivity index (χ1) is 16.1. The molecule has 0 saturated carbocycles. The molecule has 0 radical (unpaired) electrons. The monoisotopic (exact) mass is 431 g/mol. The summed E-state index contributed by atoms with van der Waals surface area (Å²) in [5.41, 5.74) is 6.65. The Hall–Kier alpha value is -4.31. The highest BCUT2D eigenvalue weighted by molar-refractivity contribution is 6.27. The predicted molar refractivity (Wildman–Crippen MR) is 128 cm³/mol. The summed E-state index contributed by atoms with van der Waals surface area (Å²) in [4.78, 5) is 37.9. The third kappa shape index (κ3) is 3.56. The number of fused-ring (bicyclic) bond motifs is 2. The van der Waals surface area contributed by atoms with E-state index in [0.29, 0.717) is 22.3 Å². The molecule has 1 N–H and O–H groups in total. The van der Waals surface area contributed by atoms with Crippen LogP contribution < -0.4 is 5.32 Å². The van der Waals surface area contributed by atoms with E-state index in [9.17, 15) is 14.4 Å². The van der Waals surface area contributed by atoms with Gasteiger partial charge in [-0.3, -0.25) is 19.7 Å². The quantitative estimate of drug-likeness (QED) is 0.293. The van der Waals surface area contributed by atoms with Gasteiger partial charge < -0.3 is 0 Å². The number of carbonyl (C=O) groups excluding carboxylic acids is 3. The zero-order chi connectivity index (χ0) is 22.9. The molecule has 0 atom stereocenters. The second-order valence-corrected chi connectivity index (χ2v) is 7.98. The number of carbonyl (C=O) groups is 3. The van der Waals surface area contributed by atoms with Crippen LogP contribution in [0.15, 0.2) is 91.0 Å². The number of benzene rings is 4. The molecule has 4 heteroatoms. The van der Waals surface area contributed by atoms with Crippen molar-refractivity contribution in [1.29, 1.82) is 0 Å². The lowest BCUT2D eigenvalue weighted by Crippen LogP contribution is -2.20. The lowest BCUT2D eigenvalue weighted by Gasteiger charge is -2.14. The van der Waals surface area contributed by atoms with Gasteiger partial charge in [0, 0.05) is 16.7 Å². The SMILES string of the molecule is CCc1ccccc1C(=O)c1ccc2c(c1-c1ccccc1)C(=O)NC2=O.c1cc2ccc1-2. The number of nitrogens with one attached hydrogen (secondary N) is 1. The van der Waals surface area contributed by atoms with Crippen LogP contribution in [0.5, 0.6) is 0 Å². The highest BCUT2D eigenvalue weighted by Crippen LogP contribution is 2.34. The van der Waals surface area contributed by atoms with E-state index in [4.69, 9.17) is 0 Å². The Morgan fingerprint density at radius 1 is 0.636 bits per heavy atom. The molecule has 1 aliphatic heterocycles. The second-order valence-electron chi connectivity index (χ2n) is 7.98. The van der Waals surface area contributed by atoms with Crippen molar-refractivity contribution in [2.24, 2.45) is 0 Å². The van der Waals surface area contributed by atoms with Gasteiger partial charge in [0.2, 0.25) is 0 Å². The normalized spacial score (nSPS) is 12.4. The number of hydrogen-bond acceptors (Lipinski definition) is 3. The van der Waals surface area contributed by atoms with Crippen molar-refractivity contribution in [3.05, 3.63) is 119 Å². The van der Waals surface area contributed by atoms with Gasteiger partial charge in [-0.05, 0) is 40.8 Å². The van der Waals surface area contributed by atoms with E-state index < -0.39 is 11.8 Å². The second kappa shape index (κ2) is 8.32. The lowest BCUT2D eigenvalue weighted by molar-refractivity contribution is 0.0879. The highest BCUT2D eigenvalue weighted by Gasteiger charge is 2.33. The van der Waals surface area contributed by atoms with Crippen molar-refractivity contribution in [2.45, 2.75) is 13.3 Å². The average molecular weight is 431 g/mol. The molecule has 33 heavy (non-hydrogen) atoms. The molecular formula is C29H21NO3. The van der Waals surface area contributed by atoms with Crippen molar-refractivity contribution in [3.8, 4) is 22.3 Å². The summed E-state index contributed by atoms with van der Waals surface area (Å²) in [6.45, 7) is 2.00. The van der Waals surface area contributed by atoms with E-state index in [0.717, 1.165) is 17.5 Å². The van der Waals surface area contributed by atoms with E-state index in [-0.39, 0.29) is 11.3 Å². The fourth-order valence-electron chi connectivity index (χ4n) is 4.21. The van der Waals surface area contributed by atoms with E-state index in [1.807, 2.05) is 55.5 Å². The molecule has 4 nitrogen and oxygen atoms in total. The van der Waals surface area contributed by atoms with E-state index in [1.165, 1.54) is 11.1 Å². The average Bonchev–Trinajstić information content (AvgIpc) is 3.14. The first-order valence-electron chi connectivity index (χ1n) is 10.9. The van der Waals surface area contributed by atoms with Gasteiger partial charge >= 0.3 is 0 Å². The Morgan fingerprint density at radius 2 is 1.27 bits per heavy atom. The Morgan fingerprint density at radius 3 is 1.88 bits per heavy atom. The van der Waals surface area contributed by atoms with E-state index in [2.05, 4.69) is 29.6 Å². The number of imide groups is 1. The smallest absolute Gasteiger partial charge is 0.259 e. The summed E-state index contributed by atoms with van der Waals surface area (Å²) in [7, 11) is 0. The molecular weight excluding hydrogens is 410 g/mol. The molecule has 0 saturated heterocycles. The Labute approximate surface area is 191 Å². The number of hydrogen-bond donors (Lipinski definition) is 1. The number of rotatable bonds is 4. The molecule has 3 aliphatic rings. The summed E-state index contributed by atoms with van der Waals surface area (Å²) in [6.07, 6.45) is 0.729. The minimum absolute atomic E-state index is 0.152. The summed E-state index contributed by atoms with van der Waals surface area (Å²) < 4.78 is 0. The van der Waals surface area contributed by atoms with E-state index in [1.54, 1.807) is 18.2 Å². The summed E-state index contributed by atoms with van der Waals surface area (Å²) in [5, 5.41) is 2.33. The van der Waals surface area contributed by atoms with Gasteiger partial charge in [0.05, 0.1) is 11.1 Å². The van der Waals surface area contributed by atoms with Gasteiger partial charge in [0.1, 0.15) is 0 Å². The standard InChI is InChI=1S/C23H17NO3.C6H4/c1-2-14-8-6-7-11-16(14)21(25)17-12-13-18-20(23(27)24-22(18)26)19(17)15-9-4-3-5-10-15;1-2-6-4-3-5(1)6/h3-13H,2H2,1H3,(H,24,26,27);1-4H. The minimum atomic E-state index is -0.465. The molecule has 3 aromatic rings. The Kier molecular flexibility index (Phi) is 5.19. The maximum absolute atomic E-state index is 13.4. The van der Waals surface area contributed by atoms with Crippen LogP contribution in [0.3, 0.4) is 0 Å². The van der Waals surface area contributed by atoms with Gasteiger partial charge in [0.15, 0.2) is 5.78 Å². The fourth-order valence-corrected chi connectivity index (χ4v) is 4.21. The molecule has 0 unspecified atom stereocenters. The van der Waals surface area contributed by atoms with E-state index >= 15 is 0 Å². The largest absolute Gasteiger partial charge is 0.289 e. The van der Waals surface area contributed by atoms with Gasteiger partial charge in [-0.2, -0.15) is 0 Å². The number of ketones is 1. The molecule has 0 aromatic heterocycles. The summed E-state index contributed by atoms with van der Waals surface area (Å²) in [6, 6.07) is 28.4. The predicted octanol–water partition coefficient (Wildman–Crippen LogP) is 5.70. The third-order valence-electron chi connectivity index (χ3n) is 6.07. The molecule has 2 aliphatic carbocycles. The van der Waals surface area contributed by atoms with Crippen LogP contribution in [-0.4, -0.2) is 17.6 Å². The van der Waals surface area contributed by atoms with Crippen molar-refractivity contribution in [2.75, 3.05) is 0 Å². The number of aryl methyl sites for hydroxylation is 1. The van der Waals surface area contributed by atoms with Crippen molar-refractivity contribution in [3.63, 3.8) is 0 Å². The van der Waals surface area contributed by atoms with Gasteiger partial charge in [0.25, 0.3) is 11.8 Å². The van der Waals surface area contributed by atoms with Crippen LogP contribution in [0.1, 0.15) is 49.1 Å². The molecule has 1 heterocycles. The topological polar surface area (TPSA) is 63.2 Å². The molecule has 0 bridgehead atoms. The summed E-state index contributed by atoms with van der Waals surface area (Å²) >= 11 is 0. The highest BCUT2D eigenvalue weighted by atomic mass is 16.2. The maximum Gasteiger partial charge on any atom is 0.259 e. The fraction of sp³-hybridized carbons (Fsp3) is 0.0690. The maximum atomic E-state index is 13.4. The molecule has 0 spiro atoms. The van der Waals surface area contributed by atoms with Crippen LogP contribution in [0.4, 0.5) is 0 Å². The third-order valence-corrected chi connectivity index (χ3v) is 6.07. The van der Waals surface area contributed by atoms with Gasteiger partial charge in [-0.1, -0.05) is 85.8 Å². The van der Waals surface area contributed by atoms with Crippen molar-refractivity contribution < 1.29 is 14.4 Å². The number of amides is 2. The van der Waals surface area contributed by atoms with Crippen LogP contribution in [0.25, 0.3) is 22.3 Å². The van der Waals surface area contributed by atoms with Crippen molar-refractivity contribution >= 4 is 17.6 Å².